The maximum atomic E-state index is 12.3. The van der Waals surface area contributed by atoms with Crippen LogP contribution in [0.25, 0.3) is 0 Å². The van der Waals surface area contributed by atoms with Crippen molar-refractivity contribution in [1.29, 1.82) is 0 Å². The summed E-state index contributed by atoms with van der Waals surface area (Å²) in [4.78, 5) is 21.4. The highest BCUT2D eigenvalue weighted by Crippen LogP contribution is 2.16. The Labute approximate surface area is 134 Å². The van der Waals surface area contributed by atoms with Crippen LogP contribution in [0, 0.1) is 0 Å². The van der Waals surface area contributed by atoms with Crippen LogP contribution in [0.1, 0.15) is 51.9 Å². The molecule has 22 heavy (non-hydrogen) atoms. The number of hydrogen-bond donors (Lipinski definition) is 0. The molecule has 0 aromatic carbocycles. The monoisotopic (exact) mass is 309 g/mol. The number of ether oxygens (including phenoxy) is 1. The Morgan fingerprint density at radius 2 is 2.05 bits per heavy atom. The summed E-state index contributed by atoms with van der Waals surface area (Å²) in [7, 11) is 1.88. The number of carbonyl (C=O) groups excluding carboxylic acids is 1. The molecule has 0 spiro atoms. The summed E-state index contributed by atoms with van der Waals surface area (Å²) in [6.07, 6.45) is 6.94. The maximum absolute atomic E-state index is 12.3. The molecule has 0 N–H and O–H groups in total. The van der Waals surface area contributed by atoms with Crippen LogP contribution in [0.15, 0.2) is 4.99 Å². The molecule has 0 bridgehead atoms. The van der Waals surface area contributed by atoms with Gasteiger partial charge in [0.05, 0.1) is 6.54 Å². The molecule has 5 heteroatoms. The first-order valence-corrected chi connectivity index (χ1v) is 8.84. The molecule has 0 unspecified atom stereocenters. The van der Waals surface area contributed by atoms with Crippen LogP contribution in [0.2, 0.25) is 0 Å². The van der Waals surface area contributed by atoms with Crippen molar-refractivity contribution in [1.82, 2.24) is 9.80 Å². The lowest BCUT2D eigenvalue weighted by Gasteiger charge is -2.34. The second kappa shape index (κ2) is 9.26. The zero-order valence-corrected chi connectivity index (χ0v) is 14.2. The van der Waals surface area contributed by atoms with Crippen LogP contribution in [0.4, 0.5) is 0 Å². The number of aliphatic imine (C=N–C) groups is 1. The van der Waals surface area contributed by atoms with Gasteiger partial charge in [-0.15, -0.1) is 0 Å². The van der Waals surface area contributed by atoms with Gasteiger partial charge in [-0.3, -0.25) is 14.7 Å². The van der Waals surface area contributed by atoms with Gasteiger partial charge in [-0.25, -0.2) is 0 Å². The van der Waals surface area contributed by atoms with Crippen LogP contribution in [0.5, 0.6) is 0 Å². The molecule has 1 saturated heterocycles. The van der Waals surface area contributed by atoms with Crippen LogP contribution in [-0.2, 0) is 9.53 Å². The summed E-state index contributed by atoms with van der Waals surface area (Å²) < 4.78 is 5.47. The number of nitrogens with zero attached hydrogens (tertiary/aromatic N) is 3. The van der Waals surface area contributed by atoms with Gasteiger partial charge in [0.15, 0.2) is 0 Å². The molecular weight excluding hydrogens is 278 g/mol. The number of amides is 1. The van der Waals surface area contributed by atoms with Crippen LogP contribution in [0.3, 0.4) is 0 Å². The fourth-order valence-corrected chi connectivity index (χ4v) is 3.27. The molecule has 1 amide bonds. The van der Waals surface area contributed by atoms with Crippen molar-refractivity contribution in [2.45, 2.75) is 57.9 Å². The molecule has 0 aliphatic carbocycles. The quantitative estimate of drug-likeness (QED) is 0.800. The smallest absolute Gasteiger partial charge is 0.227 e. The number of amidine groups is 1. The summed E-state index contributed by atoms with van der Waals surface area (Å²) in [6, 6.07) is 0.607. The highest BCUT2D eigenvalue weighted by Gasteiger charge is 2.23. The summed E-state index contributed by atoms with van der Waals surface area (Å²) in [5.41, 5.74) is 0. The summed E-state index contributed by atoms with van der Waals surface area (Å²) >= 11 is 0. The lowest BCUT2D eigenvalue weighted by Crippen LogP contribution is -2.43. The third kappa shape index (κ3) is 5.06. The van der Waals surface area contributed by atoms with Crippen LogP contribution < -0.4 is 0 Å². The average molecular weight is 309 g/mol. The Bertz CT molecular complexity index is 378. The largest absolute Gasteiger partial charge is 0.381 e. The molecule has 5 nitrogen and oxygen atoms in total. The first kappa shape index (κ1) is 17.4. The predicted octanol–water partition coefficient (Wildman–Crippen LogP) is 2.31. The molecule has 2 heterocycles. The van der Waals surface area contributed by atoms with Crippen molar-refractivity contribution >= 4 is 11.7 Å². The number of carbonyl (C=O) groups is 1. The number of hydrogen-bond acceptors (Lipinski definition) is 4. The summed E-state index contributed by atoms with van der Waals surface area (Å²) in [5.74, 6) is 1.18. The number of rotatable bonds is 4. The zero-order chi connectivity index (χ0) is 15.8. The third-order valence-electron chi connectivity index (χ3n) is 4.74. The molecular formula is C17H31N3O2. The van der Waals surface area contributed by atoms with E-state index in [1.54, 1.807) is 4.90 Å². The van der Waals surface area contributed by atoms with E-state index in [9.17, 15) is 4.79 Å². The molecule has 2 rings (SSSR count). The van der Waals surface area contributed by atoms with E-state index in [-0.39, 0.29) is 5.91 Å². The molecule has 0 aromatic rings. The zero-order valence-electron chi connectivity index (χ0n) is 14.2. The second-order valence-corrected chi connectivity index (χ2v) is 6.34. The Morgan fingerprint density at radius 3 is 2.77 bits per heavy atom. The topological polar surface area (TPSA) is 45.1 Å². The van der Waals surface area contributed by atoms with E-state index < -0.39 is 0 Å². The molecule has 2 aliphatic rings. The van der Waals surface area contributed by atoms with E-state index in [4.69, 9.17) is 9.73 Å². The van der Waals surface area contributed by atoms with Crippen molar-refractivity contribution in [2.75, 3.05) is 39.9 Å². The summed E-state index contributed by atoms with van der Waals surface area (Å²) in [5, 5.41) is 0. The van der Waals surface area contributed by atoms with Gasteiger partial charge in [-0.1, -0.05) is 13.3 Å². The highest BCUT2D eigenvalue weighted by molar-refractivity contribution is 5.97. The van der Waals surface area contributed by atoms with E-state index in [1.165, 1.54) is 0 Å². The van der Waals surface area contributed by atoms with Crippen LogP contribution in [-0.4, -0.2) is 67.5 Å². The molecule has 0 atom stereocenters. The fraction of sp³-hybridized carbons (Fsp3) is 0.882. The van der Waals surface area contributed by atoms with Gasteiger partial charge in [0.2, 0.25) is 5.91 Å². The Kier molecular flexibility index (Phi) is 7.33. The molecule has 0 saturated carbocycles. The van der Waals surface area contributed by atoms with Crippen molar-refractivity contribution in [2.24, 2.45) is 4.99 Å². The molecule has 0 radical (unpaired) electrons. The normalized spacial score (nSPS) is 23.5. The van der Waals surface area contributed by atoms with E-state index in [0.29, 0.717) is 12.5 Å². The standard InChI is InChI=1S/C17H31N3O2/c1-3-4-6-16-18-10-12-20(15-8-13-22-14-9-15)11-5-7-17(21)19(16)2/h15H,3-14H2,1-2H3. The Balaban J connectivity index is 2.00. The Hall–Kier alpha value is -0.940. The van der Waals surface area contributed by atoms with Crippen molar-refractivity contribution in [3.8, 4) is 0 Å². The first-order valence-electron chi connectivity index (χ1n) is 8.84. The minimum absolute atomic E-state index is 0.212. The molecule has 2 aliphatic heterocycles. The highest BCUT2D eigenvalue weighted by atomic mass is 16.5. The van der Waals surface area contributed by atoms with Gasteiger partial charge in [0.1, 0.15) is 5.84 Å². The lowest BCUT2D eigenvalue weighted by atomic mass is 10.1. The van der Waals surface area contributed by atoms with E-state index in [1.807, 2.05) is 7.05 Å². The van der Waals surface area contributed by atoms with Gasteiger partial charge >= 0.3 is 0 Å². The average Bonchev–Trinajstić information content (AvgIpc) is 2.56. The van der Waals surface area contributed by atoms with Gasteiger partial charge in [-0.2, -0.15) is 0 Å². The van der Waals surface area contributed by atoms with E-state index in [0.717, 1.165) is 77.2 Å². The molecule has 126 valence electrons. The van der Waals surface area contributed by atoms with E-state index >= 15 is 0 Å². The minimum Gasteiger partial charge on any atom is -0.381 e. The third-order valence-corrected chi connectivity index (χ3v) is 4.74. The first-order chi connectivity index (χ1) is 10.7. The van der Waals surface area contributed by atoms with Crippen molar-refractivity contribution in [3.05, 3.63) is 0 Å². The molecule has 0 aromatic heterocycles. The van der Waals surface area contributed by atoms with Crippen molar-refractivity contribution < 1.29 is 9.53 Å². The lowest BCUT2D eigenvalue weighted by molar-refractivity contribution is -0.126. The molecule has 1 fully saturated rings. The van der Waals surface area contributed by atoms with Gasteiger partial charge in [0, 0.05) is 45.7 Å². The SMILES string of the molecule is CCCCC1=NCCN(C2CCOCC2)CCCC(=O)N1C. The number of unbranched alkanes of at least 4 members (excludes halogenated alkanes) is 1. The van der Waals surface area contributed by atoms with Crippen LogP contribution >= 0.6 is 0 Å². The second-order valence-electron chi connectivity index (χ2n) is 6.34. The van der Waals surface area contributed by atoms with Gasteiger partial charge in [-0.05, 0) is 32.2 Å². The Morgan fingerprint density at radius 1 is 1.27 bits per heavy atom. The predicted molar refractivity (Wildman–Crippen MR) is 89.2 cm³/mol. The van der Waals surface area contributed by atoms with Gasteiger partial charge < -0.3 is 9.64 Å². The summed E-state index contributed by atoms with van der Waals surface area (Å²) in [6.45, 7) is 6.72. The van der Waals surface area contributed by atoms with E-state index in [2.05, 4.69) is 11.8 Å². The fourth-order valence-electron chi connectivity index (χ4n) is 3.27. The van der Waals surface area contributed by atoms with Crippen molar-refractivity contribution in [3.63, 3.8) is 0 Å². The minimum atomic E-state index is 0.212. The van der Waals surface area contributed by atoms with Gasteiger partial charge in [0.25, 0.3) is 0 Å². The maximum Gasteiger partial charge on any atom is 0.227 e.